The van der Waals surface area contributed by atoms with E-state index < -0.39 is 0 Å². The smallest absolute Gasteiger partial charge is 0.333 e. The van der Waals surface area contributed by atoms with E-state index in [9.17, 15) is 14.4 Å². The molecule has 4 aromatic rings. The van der Waals surface area contributed by atoms with Crippen molar-refractivity contribution < 1.29 is 9.59 Å². The third-order valence-electron chi connectivity index (χ3n) is 7.27. The van der Waals surface area contributed by atoms with Crippen LogP contribution in [0.25, 0.3) is 16.7 Å². The predicted octanol–water partition coefficient (Wildman–Crippen LogP) is 5.34. The van der Waals surface area contributed by atoms with Crippen LogP contribution in [0.4, 0.5) is 0 Å². The van der Waals surface area contributed by atoms with Gasteiger partial charge in [-0.15, -0.1) is 0 Å². The molecule has 0 atom stereocenters. The zero-order chi connectivity index (χ0) is 26.1. The molecule has 0 saturated heterocycles. The number of amides is 1. The number of aromatic nitrogens is 3. The number of nitrogens with zero attached hydrogens (tertiary/aromatic N) is 3. The summed E-state index contributed by atoms with van der Waals surface area (Å²) >= 11 is 6.03. The lowest BCUT2D eigenvalue weighted by Crippen LogP contribution is -2.39. The van der Waals surface area contributed by atoms with Gasteiger partial charge in [-0.3, -0.25) is 23.7 Å². The number of hydrogen-bond donors (Lipinski definition) is 1. The van der Waals surface area contributed by atoms with Gasteiger partial charge in [0.1, 0.15) is 0 Å². The Balaban J connectivity index is 1.33. The number of fused-ring (bicyclic) bond motifs is 1. The van der Waals surface area contributed by atoms with E-state index >= 15 is 0 Å². The fraction of sp³-hybridized carbons (Fsp3) is 0.310. The predicted molar refractivity (Wildman–Crippen MR) is 145 cm³/mol. The van der Waals surface area contributed by atoms with Crippen LogP contribution in [0, 0.1) is 12.8 Å². The fourth-order valence-corrected chi connectivity index (χ4v) is 5.40. The Kier molecular flexibility index (Phi) is 6.98. The molecule has 190 valence electrons. The van der Waals surface area contributed by atoms with Crippen LogP contribution in [-0.2, 0) is 6.54 Å². The molecular formula is C29H29ClN4O3. The van der Waals surface area contributed by atoms with E-state index in [1.54, 1.807) is 35.8 Å². The fourth-order valence-electron chi connectivity index (χ4n) is 5.25. The third kappa shape index (κ3) is 5.09. The number of pyridine rings is 1. The van der Waals surface area contributed by atoms with Gasteiger partial charge in [0.15, 0.2) is 5.78 Å². The van der Waals surface area contributed by atoms with Crippen molar-refractivity contribution in [1.29, 1.82) is 0 Å². The molecule has 0 spiro atoms. The average molecular weight is 517 g/mol. The van der Waals surface area contributed by atoms with Gasteiger partial charge in [0.2, 0.25) is 0 Å². The number of rotatable bonds is 6. The molecule has 2 heterocycles. The molecule has 2 aromatic carbocycles. The summed E-state index contributed by atoms with van der Waals surface area (Å²) in [5.41, 5.74) is 4.00. The summed E-state index contributed by atoms with van der Waals surface area (Å²) in [6, 6.07) is 16.7. The minimum Gasteiger partial charge on any atom is -0.349 e. The van der Waals surface area contributed by atoms with Crippen molar-refractivity contribution in [2.45, 2.75) is 52.1 Å². The minimum atomic E-state index is -0.150. The van der Waals surface area contributed by atoms with Gasteiger partial charge < -0.3 is 5.32 Å². The molecule has 1 aliphatic rings. The molecule has 1 fully saturated rings. The summed E-state index contributed by atoms with van der Waals surface area (Å²) in [4.78, 5) is 42.5. The van der Waals surface area contributed by atoms with Crippen LogP contribution in [0.2, 0.25) is 5.02 Å². The molecule has 0 radical (unpaired) electrons. The summed E-state index contributed by atoms with van der Waals surface area (Å²) in [7, 11) is 0. The summed E-state index contributed by atoms with van der Waals surface area (Å²) in [6.07, 6.45) is 5.04. The van der Waals surface area contributed by atoms with Crippen LogP contribution >= 0.6 is 11.6 Å². The maximum atomic E-state index is 13.6. The standard InChI is InChI=1S/C29H29ClN4O3/c1-18-25(15-22(30)16-31-18)28(36)32-23-12-10-20(11-13-23)17-33-26-8-3-4-9-27(26)34(29(33)37)24-7-5-6-21(14-24)19(2)35/h3-9,14-16,20,23H,10-13,17H2,1-2H3,(H,32,36)/t20-,23-. The van der Waals surface area contributed by atoms with E-state index in [0.717, 1.165) is 36.7 Å². The molecule has 8 heteroatoms. The molecule has 1 amide bonds. The molecule has 1 N–H and O–H groups in total. The van der Waals surface area contributed by atoms with Crippen molar-refractivity contribution in [2.75, 3.05) is 0 Å². The zero-order valence-corrected chi connectivity index (χ0v) is 21.7. The molecule has 1 aliphatic carbocycles. The summed E-state index contributed by atoms with van der Waals surface area (Å²) in [5.74, 6) is 0.135. The topological polar surface area (TPSA) is 86.0 Å². The second-order valence-electron chi connectivity index (χ2n) is 9.80. The van der Waals surface area contributed by atoms with Gasteiger partial charge in [-0.25, -0.2) is 4.79 Å². The number of Topliss-reactive ketones (excluding diaryl/α,β-unsaturated/α-hetero) is 1. The Morgan fingerprint density at radius 2 is 1.76 bits per heavy atom. The van der Waals surface area contributed by atoms with Crippen molar-refractivity contribution in [3.05, 3.63) is 93.1 Å². The monoisotopic (exact) mass is 516 g/mol. The highest BCUT2D eigenvalue weighted by atomic mass is 35.5. The molecule has 37 heavy (non-hydrogen) atoms. The third-order valence-corrected chi connectivity index (χ3v) is 7.47. The number of nitrogens with one attached hydrogen (secondary N) is 1. The molecule has 0 unspecified atom stereocenters. The second kappa shape index (κ2) is 10.3. The summed E-state index contributed by atoms with van der Waals surface area (Å²) in [6.45, 7) is 3.93. The number of halogens is 1. The quantitative estimate of drug-likeness (QED) is 0.350. The Morgan fingerprint density at radius 1 is 1.03 bits per heavy atom. The van der Waals surface area contributed by atoms with Crippen molar-refractivity contribution in [3.63, 3.8) is 0 Å². The number of para-hydroxylation sites is 2. The lowest BCUT2D eigenvalue weighted by atomic mass is 9.85. The molecule has 2 aromatic heterocycles. The summed E-state index contributed by atoms with van der Waals surface area (Å²) in [5, 5.41) is 3.57. The SMILES string of the molecule is CC(=O)c1cccc(-n2c(=O)n(C[C@H]3CC[C@H](NC(=O)c4cc(Cl)cnc4C)CC3)c3ccccc32)c1. The van der Waals surface area contributed by atoms with E-state index in [-0.39, 0.29) is 23.4 Å². The van der Waals surface area contributed by atoms with Gasteiger partial charge in [-0.1, -0.05) is 35.9 Å². The van der Waals surface area contributed by atoms with Crippen molar-refractivity contribution >= 4 is 34.3 Å². The Hall–Kier alpha value is -3.71. The molecule has 0 bridgehead atoms. The maximum absolute atomic E-state index is 13.6. The number of benzene rings is 2. The molecule has 0 aliphatic heterocycles. The number of carbonyl (C=O) groups excluding carboxylic acids is 2. The highest BCUT2D eigenvalue weighted by Crippen LogP contribution is 2.28. The molecule has 7 nitrogen and oxygen atoms in total. The highest BCUT2D eigenvalue weighted by Gasteiger charge is 2.25. The number of hydrogen-bond acceptors (Lipinski definition) is 4. The largest absolute Gasteiger partial charge is 0.349 e. The van der Waals surface area contributed by atoms with Gasteiger partial charge in [0.25, 0.3) is 5.91 Å². The van der Waals surface area contributed by atoms with Gasteiger partial charge >= 0.3 is 5.69 Å². The first kappa shape index (κ1) is 25.0. The van der Waals surface area contributed by atoms with Crippen LogP contribution in [0.1, 0.15) is 59.0 Å². The Morgan fingerprint density at radius 3 is 2.49 bits per heavy atom. The number of ketones is 1. The van der Waals surface area contributed by atoms with Crippen molar-refractivity contribution in [1.82, 2.24) is 19.4 Å². The van der Waals surface area contributed by atoms with E-state index in [1.165, 1.54) is 13.1 Å². The lowest BCUT2D eigenvalue weighted by Gasteiger charge is -2.29. The zero-order valence-electron chi connectivity index (χ0n) is 20.9. The highest BCUT2D eigenvalue weighted by molar-refractivity contribution is 6.30. The number of carbonyl (C=O) groups is 2. The van der Waals surface area contributed by atoms with E-state index in [2.05, 4.69) is 10.3 Å². The number of imidazole rings is 1. The first-order valence-electron chi connectivity index (χ1n) is 12.6. The van der Waals surface area contributed by atoms with Gasteiger partial charge in [0.05, 0.1) is 33.0 Å². The van der Waals surface area contributed by atoms with Crippen LogP contribution in [0.5, 0.6) is 0 Å². The molecule has 1 saturated carbocycles. The van der Waals surface area contributed by atoms with Crippen LogP contribution < -0.4 is 11.0 Å². The maximum Gasteiger partial charge on any atom is 0.333 e. The van der Waals surface area contributed by atoms with Crippen LogP contribution in [0.15, 0.2) is 65.6 Å². The minimum absolute atomic E-state index is 0.0377. The van der Waals surface area contributed by atoms with E-state index in [4.69, 9.17) is 11.6 Å². The van der Waals surface area contributed by atoms with E-state index in [0.29, 0.717) is 40.0 Å². The Labute approximate surface area is 220 Å². The van der Waals surface area contributed by atoms with Crippen molar-refractivity contribution in [3.8, 4) is 5.69 Å². The van der Waals surface area contributed by atoms with Gasteiger partial charge in [0, 0.05) is 24.3 Å². The average Bonchev–Trinajstić information content (AvgIpc) is 3.17. The van der Waals surface area contributed by atoms with Crippen molar-refractivity contribution in [2.24, 2.45) is 5.92 Å². The molecule has 5 rings (SSSR count). The van der Waals surface area contributed by atoms with Crippen LogP contribution in [-0.4, -0.2) is 31.9 Å². The first-order valence-corrected chi connectivity index (χ1v) is 12.9. The van der Waals surface area contributed by atoms with Gasteiger partial charge in [-0.05, 0) is 75.8 Å². The first-order chi connectivity index (χ1) is 17.8. The van der Waals surface area contributed by atoms with Gasteiger partial charge in [-0.2, -0.15) is 0 Å². The number of aryl methyl sites for hydroxylation is 1. The van der Waals surface area contributed by atoms with E-state index in [1.807, 2.05) is 34.9 Å². The second-order valence-corrected chi connectivity index (χ2v) is 10.2. The normalized spacial score (nSPS) is 17.6. The summed E-state index contributed by atoms with van der Waals surface area (Å²) < 4.78 is 3.54. The Bertz CT molecular complexity index is 1550. The molecular weight excluding hydrogens is 488 g/mol. The van der Waals surface area contributed by atoms with Crippen LogP contribution in [0.3, 0.4) is 0 Å². The lowest BCUT2D eigenvalue weighted by molar-refractivity contribution is 0.0918.